The zero-order valence-electron chi connectivity index (χ0n) is 12.4. The Balaban J connectivity index is 1.99. The van der Waals surface area contributed by atoms with Gasteiger partial charge in [0.2, 0.25) is 5.91 Å². The van der Waals surface area contributed by atoms with Crippen LogP contribution in [-0.4, -0.2) is 32.6 Å². The van der Waals surface area contributed by atoms with Gasteiger partial charge in [-0.15, -0.1) is 0 Å². The molecule has 0 radical (unpaired) electrons. The molecule has 0 bridgehead atoms. The number of esters is 1. The molecule has 0 atom stereocenters. The molecule has 3 rings (SSSR count). The van der Waals surface area contributed by atoms with Crippen LogP contribution < -0.4 is 10.2 Å². The zero-order chi connectivity index (χ0) is 15.0. The van der Waals surface area contributed by atoms with Crippen LogP contribution in [0.4, 0.5) is 11.4 Å². The second-order valence-corrected chi connectivity index (χ2v) is 6.02. The fourth-order valence-corrected chi connectivity index (χ4v) is 3.50. The van der Waals surface area contributed by atoms with Gasteiger partial charge in [-0.05, 0) is 31.0 Å². The van der Waals surface area contributed by atoms with Gasteiger partial charge in [-0.3, -0.25) is 4.79 Å². The highest BCUT2D eigenvalue weighted by Crippen LogP contribution is 2.43. The lowest BCUT2D eigenvalue weighted by Gasteiger charge is -2.29. The molecule has 1 saturated carbocycles. The van der Waals surface area contributed by atoms with E-state index in [1.165, 1.54) is 7.11 Å². The predicted octanol–water partition coefficient (Wildman–Crippen LogP) is 2.42. The van der Waals surface area contributed by atoms with Crippen molar-refractivity contribution in [2.75, 3.05) is 30.9 Å². The predicted molar refractivity (Wildman–Crippen MR) is 80.6 cm³/mol. The summed E-state index contributed by atoms with van der Waals surface area (Å²) in [5.41, 5.74) is 1.84. The molecular formula is C16H20N2O3. The molecule has 0 saturated heterocycles. The molecule has 1 aromatic carbocycles. The molecule has 1 fully saturated rings. The molecule has 1 aromatic rings. The average Bonchev–Trinajstić information content (AvgIpc) is 2.92. The van der Waals surface area contributed by atoms with Crippen molar-refractivity contribution in [2.45, 2.75) is 25.7 Å². The number of carbonyl (C=O) groups excluding carboxylic acids is 2. The summed E-state index contributed by atoms with van der Waals surface area (Å²) in [6.07, 6.45) is 4.07. The van der Waals surface area contributed by atoms with Gasteiger partial charge in [0.15, 0.2) is 0 Å². The lowest BCUT2D eigenvalue weighted by atomic mass is 9.85. The summed E-state index contributed by atoms with van der Waals surface area (Å²) in [6, 6.07) is 5.25. The third-order valence-corrected chi connectivity index (χ3v) is 4.66. The van der Waals surface area contributed by atoms with Crippen LogP contribution in [0.15, 0.2) is 18.2 Å². The number of fused-ring (bicyclic) bond motifs is 1. The quantitative estimate of drug-likeness (QED) is 0.806. The number of amides is 1. The number of nitrogens with zero attached hydrogens (tertiary/aromatic N) is 1. The summed E-state index contributed by atoms with van der Waals surface area (Å²) in [5.74, 6) is -0.256. The maximum atomic E-state index is 12.6. The molecule has 1 spiro atoms. The van der Waals surface area contributed by atoms with Crippen LogP contribution in [0.2, 0.25) is 0 Å². The third-order valence-electron chi connectivity index (χ3n) is 4.66. The Bertz CT molecular complexity index is 591. The fourth-order valence-electron chi connectivity index (χ4n) is 3.50. The summed E-state index contributed by atoms with van der Waals surface area (Å²) in [4.78, 5) is 26.3. The maximum Gasteiger partial charge on any atom is 0.337 e. The summed E-state index contributed by atoms with van der Waals surface area (Å²) >= 11 is 0. The van der Waals surface area contributed by atoms with Crippen molar-refractivity contribution < 1.29 is 14.3 Å². The van der Waals surface area contributed by atoms with Gasteiger partial charge in [-0.2, -0.15) is 0 Å². The van der Waals surface area contributed by atoms with Crippen molar-refractivity contribution in [3.8, 4) is 0 Å². The Hall–Kier alpha value is -2.04. The van der Waals surface area contributed by atoms with Crippen LogP contribution in [-0.2, 0) is 9.53 Å². The first kappa shape index (κ1) is 13.9. The molecule has 21 heavy (non-hydrogen) atoms. The van der Waals surface area contributed by atoms with Crippen molar-refractivity contribution >= 4 is 23.3 Å². The lowest BCUT2D eigenvalue weighted by Crippen LogP contribution is -2.40. The number of rotatable bonds is 1. The van der Waals surface area contributed by atoms with E-state index in [2.05, 4.69) is 10.2 Å². The summed E-state index contributed by atoms with van der Waals surface area (Å²) in [7, 11) is 3.34. The van der Waals surface area contributed by atoms with E-state index in [0.29, 0.717) is 12.1 Å². The van der Waals surface area contributed by atoms with Gasteiger partial charge in [0.1, 0.15) is 0 Å². The molecule has 1 N–H and O–H groups in total. The van der Waals surface area contributed by atoms with Crippen LogP contribution in [0, 0.1) is 5.41 Å². The Labute approximate surface area is 124 Å². The molecule has 5 heteroatoms. The van der Waals surface area contributed by atoms with Gasteiger partial charge in [-0.25, -0.2) is 4.79 Å². The highest BCUT2D eigenvalue weighted by Gasteiger charge is 2.44. The van der Waals surface area contributed by atoms with Gasteiger partial charge < -0.3 is 15.0 Å². The van der Waals surface area contributed by atoms with Crippen molar-refractivity contribution in [1.29, 1.82) is 0 Å². The number of ether oxygens (including phenoxy) is 1. The smallest absolute Gasteiger partial charge is 0.337 e. The Morgan fingerprint density at radius 1 is 1.33 bits per heavy atom. The van der Waals surface area contributed by atoms with E-state index in [0.717, 1.165) is 37.1 Å². The molecule has 2 aliphatic rings. The van der Waals surface area contributed by atoms with Gasteiger partial charge >= 0.3 is 5.97 Å². The van der Waals surface area contributed by atoms with Crippen molar-refractivity contribution in [2.24, 2.45) is 5.41 Å². The number of methoxy groups -OCH3 is 1. The highest BCUT2D eigenvalue weighted by molar-refractivity contribution is 6.01. The summed E-state index contributed by atoms with van der Waals surface area (Å²) in [6.45, 7) is 0.691. The van der Waals surface area contributed by atoms with Gasteiger partial charge in [0, 0.05) is 13.6 Å². The Morgan fingerprint density at radius 2 is 2.05 bits per heavy atom. The standard InChI is InChI=1S/C16H20N2O3/c1-18-10-16(7-3-4-8-16)15(20)17-12-6-5-11(9-13(12)18)14(19)21-2/h5-6,9H,3-4,7-8,10H2,1-2H3,(H,17,20). The van der Waals surface area contributed by atoms with Crippen LogP contribution in [0.5, 0.6) is 0 Å². The minimum Gasteiger partial charge on any atom is -0.465 e. The van der Waals surface area contributed by atoms with E-state index < -0.39 is 0 Å². The van der Waals surface area contributed by atoms with Crippen molar-refractivity contribution in [3.63, 3.8) is 0 Å². The zero-order valence-corrected chi connectivity index (χ0v) is 12.4. The first-order chi connectivity index (χ1) is 10.1. The van der Waals surface area contributed by atoms with Crippen LogP contribution in [0.25, 0.3) is 0 Å². The van der Waals surface area contributed by atoms with E-state index in [-0.39, 0.29) is 17.3 Å². The fraction of sp³-hybridized carbons (Fsp3) is 0.500. The monoisotopic (exact) mass is 288 g/mol. The largest absolute Gasteiger partial charge is 0.465 e. The molecule has 112 valence electrons. The lowest BCUT2D eigenvalue weighted by molar-refractivity contribution is -0.124. The molecule has 5 nitrogen and oxygen atoms in total. The second kappa shape index (κ2) is 5.06. The number of hydrogen-bond acceptors (Lipinski definition) is 4. The van der Waals surface area contributed by atoms with E-state index >= 15 is 0 Å². The molecule has 1 aliphatic heterocycles. The number of hydrogen-bond donors (Lipinski definition) is 1. The molecule has 1 aliphatic carbocycles. The third kappa shape index (κ3) is 2.26. The van der Waals surface area contributed by atoms with Crippen molar-refractivity contribution in [1.82, 2.24) is 0 Å². The topological polar surface area (TPSA) is 58.6 Å². The molecule has 0 aromatic heterocycles. The average molecular weight is 288 g/mol. The number of nitrogens with one attached hydrogen (secondary N) is 1. The molecule has 1 heterocycles. The normalized spacial score (nSPS) is 19.9. The van der Waals surface area contributed by atoms with Gasteiger partial charge in [-0.1, -0.05) is 12.8 Å². The van der Waals surface area contributed by atoms with E-state index in [4.69, 9.17) is 4.74 Å². The minimum absolute atomic E-state index is 0.108. The molecule has 1 amide bonds. The minimum atomic E-state index is -0.364. The van der Waals surface area contributed by atoms with E-state index in [1.54, 1.807) is 18.2 Å². The highest BCUT2D eigenvalue weighted by atomic mass is 16.5. The summed E-state index contributed by atoms with van der Waals surface area (Å²) in [5, 5.41) is 3.04. The Kier molecular flexibility index (Phi) is 3.35. The van der Waals surface area contributed by atoms with Crippen LogP contribution in [0.1, 0.15) is 36.0 Å². The van der Waals surface area contributed by atoms with Crippen LogP contribution >= 0.6 is 0 Å². The van der Waals surface area contributed by atoms with Gasteiger partial charge in [0.25, 0.3) is 0 Å². The second-order valence-electron chi connectivity index (χ2n) is 6.02. The summed E-state index contributed by atoms with van der Waals surface area (Å²) < 4.78 is 4.76. The van der Waals surface area contributed by atoms with Crippen molar-refractivity contribution in [3.05, 3.63) is 23.8 Å². The first-order valence-corrected chi connectivity index (χ1v) is 7.31. The van der Waals surface area contributed by atoms with E-state index in [9.17, 15) is 9.59 Å². The maximum absolute atomic E-state index is 12.6. The number of anilines is 2. The number of carbonyl (C=O) groups is 2. The van der Waals surface area contributed by atoms with Gasteiger partial charge in [0.05, 0.1) is 29.5 Å². The van der Waals surface area contributed by atoms with E-state index in [1.807, 2.05) is 7.05 Å². The first-order valence-electron chi connectivity index (χ1n) is 7.31. The van der Waals surface area contributed by atoms with Crippen LogP contribution in [0.3, 0.4) is 0 Å². The number of benzene rings is 1. The molecular weight excluding hydrogens is 268 g/mol. The Morgan fingerprint density at radius 3 is 2.71 bits per heavy atom. The molecule has 0 unspecified atom stereocenters. The SMILES string of the molecule is COC(=O)c1ccc2c(c1)N(C)CC1(CCCC1)C(=O)N2.